The van der Waals surface area contributed by atoms with Gasteiger partial charge >= 0.3 is 6.18 Å². The molecule has 0 saturated carbocycles. The summed E-state index contributed by atoms with van der Waals surface area (Å²) in [5.41, 5.74) is 1.46. The molecule has 0 aromatic carbocycles. The molecule has 7 heteroatoms. The van der Waals surface area contributed by atoms with Gasteiger partial charge in [-0.3, -0.25) is 4.98 Å². The fourth-order valence-electron chi connectivity index (χ4n) is 3.10. The summed E-state index contributed by atoms with van der Waals surface area (Å²) in [6, 6.07) is 2.17. The van der Waals surface area contributed by atoms with E-state index in [9.17, 15) is 13.2 Å². The Bertz CT molecular complexity index is 809. The Balaban J connectivity index is 1.97. The molecule has 3 rings (SSSR count). The van der Waals surface area contributed by atoms with E-state index in [2.05, 4.69) is 34.1 Å². The Morgan fingerprint density at radius 2 is 2.08 bits per heavy atom. The first-order valence-corrected chi connectivity index (χ1v) is 9.04. The molecule has 0 unspecified atom stereocenters. The highest BCUT2D eigenvalue weighted by Gasteiger charge is 2.31. The highest BCUT2D eigenvalue weighted by atomic mass is 32.1. The number of halogens is 3. The van der Waals surface area contributed by atoms with E-state index in [-0.39, 0.29) is 5.56 Å². The molecular formula is C18H20F3N3S. The number of anilines is 1. The van der Waals surface area contributed by atoms with E-state index in [1.54, 1.807) is 13.1 Å². The summed E-state index contributed by atoms with van der Waals surface area (Å²) in [6.45, 7) is 3.66. The summed E-state index contributed by atoms with van der Waals surface area (Å²) in [5.74, 6) is 5.54. The zero-order valence-corrected chi connectivity index (χ0v) is 15.0. The van der Waals surface area contributed by atoms with Crippen LogP contribution in [0.5, 0.6) is 0 Å². The second-order valence-electron chi connectivity index (χ2n) is 6.33. The van der Waals surface area contributed by atoms with Gasteiger partial charge in [-0.05, 0) is 46.0 Å². The van der Waals surface area contributed by atoms with Crippen LogP contribution in [0.15, 0.2) is 12.3 Å². The minimum Gasteiger partial charge on any atom is -0.381 e. The van der Waals surface area contributed by atoms with E-state index >= 15 is 0 Å². The number of fused-ring (bicyclic) bond motifs is 1. The molecule has 3 heterocycles. The topological polar surface area (TPSA) is 28.2 Å². The number of nitrogens with one attached hydrogen (secondary N) is 1. The smallest absolute Gasteiger partial charge is 0.381 e. The Kier molecular flexibility index (Phi) is 5.21. The molecule has 0 bridgehead atoms. The molecule has 25 heavy (non-hydrogen) atoms. The van der Waals surface area contributed by atoms with Crippen molar-refractivity contribution in [3.05, 3.63) is 22.7 Å². The summed E-state index contributed by atoms with van der Waals surface area (Å²) < 4.78 is 39.7. The summed E-state index contributed by atoms with van der Waals surface area (Å²) in [7, 11) is 2.10. The number of thiophene rings is 1. The first kappa shape index (κ1) is 18.0. The maximum atomic E-state index is 13.0. The largest absolute Gasteiger partial charge is 0.393 e. The molecule has 0 aliphatic carbocycles. The van der Waals surface area contributed by atoms with Crippen molar-refractivity contribution in [3.63, 3.8) is 0 Å². The van der Waals surface area contributed by atoms with Crippen molar-refractivity contribution in [3.8, 4) is 11.8 Å². The Morgan fingerprint density at radius 1 is 1.36 bits per heavy atom. The van der Waals surface area contributed by atoms with Crippen molar-refractivity contribution in [2.75, 3.05) is 25.5 Å². The SMILES string of the molecule is CC#Cc1sc2c(NC3CCN(C)CC3)ccnc2c1CC(F)(F)F. The maximum Gasteiger partial charge on any atom is 0.393 e. The lowest BCUT2D eigenvalue weighted by molar-refractivity contribution is -0.127. The molecule has 134 valence electrons. The van der Waals surface area contributed by atoms with Crippen LogP contribution in [0.4, 0.5) is 18.9 Å². The highest BCUT2D eigenvalue weighted by molar-refractivity contribution is 7.20. The van der Waals surface area contributed by atoms with Crippen molar-refractivity contribution in [2.24, 2.45) is 0 Å². The van der Waals surface area contributed by atoms with Crippen LogP contribution in [0, 0.1) is 11.8 Å². The fraction of sp³-hybridized carbons (Fsp3) is 0.500. The monoisotopic (exact) mass is 367 g/mol. The zero-order valence-electron chi connectivity index (χ0n) is 14.2. The minimum atomic E-state index is -4.28. The molecule has 2 aromatic rings. The number of piperidine rings is 1. The van der Waals surface area contributed by atoms with Crippen molar-refractivity contribution in [1.82, 2.24) is 9.88 Å². The van der Waals surface area contributed by atoms with Gasteiger partial charge in [0.15, 0.2) is 0 Å². The number of aromatic nitrogens is 1. The van der Waals surface area contributed by atoms with Gasteiger partial charge in [-0.1, -0.05) is 5.92 Å². The molecule has 0 radical (unpaired) electrons. The molecule has 2 aromatic heterocycles. The number of alkyl halides is 3. The van der Waals surface area contributed by atoms with E-state index in [1.807, 2.05) is 6.07 Å². The Hall–Kier alpha value is -1.78. The van der Waals surface area contributed by atoms with Gasteiger partial charge in [0.25, 0.3) is 0 Å². The van der Waals surface area contributed by atoms with E-state index in [0.29, 0.717) is 16.4 Å². The molecular weight excluding hydrogens is 347 g/mol. The third-order valence-corrected chi connectivity index (χ3v) is 5.53. The second-order valence-corrected chi connectivity index (χ2v) is 7.36. The van der Waals surface area contributed by atoms with Gasteiger partial charge in [-0.25, -0.2) is 0 Å². The van der Waals surface area contributed by atoms with E-state index in [0.717, 1.165) is 36.3 Å². The summed E-state index contributed by atoms with van der Waals surface area (Å²) in [5, 5.41) is 3.50. The van der Waals surface area contributed by atoms with Crippen LogP contribution in [-0.4, -0.2) is 42.2 Å². The average Bonchev–Trinajstić information content (AvgIpc) is 2.87. The zero-order chi connectivity index (χ0) is 18.0. The lowest BCUT2D eigenvalue weighted by Gasteiger charge is -2.30. The van der Waals surface area contributed by atoms with Crippen LogP contribution in [0.1, 0.15) is 30.2 Å². The molecule has 1 N–H and O–H groups in total. The van der Waals surface area contributed by atoms with E-state index in [4.69, 9.17) is 0 Å². The average molecular weight is 367 g/mol. The summed E-state index contributed by atoms with van der Waals surface area (Å²) in [6.07, 6.45) is -1.67. The fourth-order valence-corrected chi connectivity index (χ4v) is 4.26. The number of hydrogen-bond donors (Lipinski definition) is 1. The van der Waals surface area contributed by atoms with Gasteiger partial charge in [0.05, 0.1) is 27.2 Å². The van der Waals surface area contributed by atoms with Crippen LogP contribution in [0.3, 0.4) is 0 Å². The Morgan fingerprint density at radius 3 is 2.72 bits per heavy atom. The maximum absolute atomic E-state index is 13.0. The standard InChI is InChI=1S/C18H20F3N3S/c1-3-4-15-13(11-18(19,20)21)16-17(25-15)14(5-8-22-16)23-12-6-9-24(2)10-7-12/h5,8,12H,6-7,9-11H2,1-2H3,(H,22,23). The molecule has 0 atom stereocenters. The van der Waals surface area contributed by atoms with Gasteiger partial charge < -0.3 is 10.2 Å². The second kappa shape index (κ2) is 7.22. The van der Waals surface area contributed by atoms with Crippen LogP contribution >= 0.6 is 11.3 Å². The summed E-state index contributed by atoms with van der Waals surface area (Å²) in [4.78, 5) is 6.97. The van der Waals surface area contributed by atoms with Crippen LogP contribution < -0.4 is 5.32 Å². The van der Waals surface area contributed by atoms with Gasteiger partial charge in [0.2, 0.25) is 0 Å². The quantitative estimate of drug-likeness (QED) is 0.821. The van der Waals surface area contributed by atoms with Crippen molar-refractivity contribution in [2.45, 2.75) is 38.4 Å². The normalized spacial score (nSPS) is 16.7. The number of likely N-dealkylation sites (tertiary alicyclic amines) is 1. The van der Waals surface area contributed by atoms with Crippen LogP contribution in [0.25, 0.3) is 10.2 Å². The lowest BCUT2D eigenvalue weighted by Crippen LogP contribution is -2.36. The molecule has 1 saturated heterocycles. The third kappa shape index (κ3) is 4.25. The first-order chi connectivity index (χ1) is 11.9. The predicted molar refractivity (Wildman–Crippen MR) is 96.1 cm³/mol. The van der Waals surface area contributed by atoms with Gasteiger partial charge in [-0.15, -0.1) is 17.3 Å². The van der Waals surface area contributed by atoms with Crippen molar-refractivity contribution >= 4 is 27.2 Å². The molecule has 0 amide bonds. The van der Waals surface area contributed by atoms with E-state index in [1.165, 1.54) is 11.3 Å². The predicted octanol–water partition coefficient (Wildman–Crippen LogP) is 4.28. The van der Waals surface area contributed by atoms with Gasteiger partial charge in [0, 0.05) is 17.8 Å². The number of hydrogen-bond acceptors (Lipinski definition) is 4. The van der Waals surface area contributed by atoms with Crippen molar-refractivity contribution < 1.29 is 13.2 Å². The third-order valence-electron chi connectivity index (χ3n) is 4.36. The van der Waals surface area contributed by atoms with Crippen molar-refractivity contribution in [1.29, 1.82) is 0 Å². The van der Waals surface area contributed by atoms with Crippen LogP contribution in [-0.2, 0) is 6.42 Å². The molecule has 0 spiro atoms. The number of nitrogens with zero attached hydrogens (tertiary/aromatic N) is 2. The molecule has 1 aliphatic heterocycles. The molecule has 3 nitrogen and oxygen atoms in total. The van der Waals surface area contributed by atoms with Crippen LogP contribution in [0.2, 0.25) is 0 Å². The van der Waals surface area contributed by atoms with Gasteiger partial charge in [-0.2, -0.15) is 13.2 Å². The Labute approximate surface area is 149 Å². The molecule has 1 fully saturated rings. The lowest BCUT2D eigenvalue weighted by atomic mass is 10.1. The number of pyridine rings is 1. The summed E-state index contributed by atoms with van der Waals surface area (Å²) >= 11 is 1.30. The highest BCUT2D eigenvalue weighted by Crippen LogP contribution is 2.38. The van der Waals surface area contributed by atoms with E-state index < -0.39 is 12.6 Å². The number of rotatable bonds is 3. The first-order valence-electron chi connectivity index (χ1n) is 8.22. The van der Waals surface area contributed by atoms with Gasteiger partial charge in [0.1, 0.15) is 0 Å². The molecule has 1 aliphatic rings. The minimum absolute atomic E-state index is 0.189.